The molecule has 0 fully saturated rings. The molecule has 2 aromatic heterocycles. The van der Waals surface area contributed by atoms with Gasteiger partial charge >= 0.3 is 11.9 Å². The Balaban J connectivity index is 1.36. The van der Waals surface area contributed by atoms with Gasteiger partial charge in [0.05, 0.1) is 12.0 Å². The Hall–Kier alpha value is -9.61. The Labute approximate surface area is 504 Å². The van der Waals surface area contributed by atoms with Gasteiger partial charge in [-0.05, 0) is 105 Å². The van der Waals surface area contributed by atoms with Crippen LogP contribution in [0.5, 0.6) is 5.75 Å². The quantitative estimate of drug-likeness (QED) is 0.0137. The SMILES string of the molecule is CSCC[C@H](NC(=O)[C@H](Cc1c[nH]c2ccccc12)NC(=O)[C@@H](CCCCN)NC(=O)[C@H](Cc1ccc(O)cc1)NC(=O)[C@H](C)NC(=O)CC[C@@H](NC(=O)c1ccc(NN)nc1)C(=O)O)C(=O)N[C@@H](CC(=O)O)C(=O)N[C@@H](Cc1ccccc1)C(N)=O. The van der Waals surface area contributed by atoms with Gasteiger partial charge in [0.1, 0.15) is 59.9 Å². The number of nitrogens with one attached hydrogen (secondary N) is 10. The number of aromatic amines is 1. The number of hydrogen-bond acceptors (Lipinski definition) is 17. The molecule has 29 heteroatoms. The van der Waals surface area contributed by atoms with Crippen molar-refractivity contribution in [2.45, 2.75) is 119 Å². The maximum Gasteiger partial charge on any atom is 0.326 e. The summed E-state index contributed by atoms with van der Waals surface area (Å²) in [5.41, 5.74) is 16.1. The van der Waals surface area contributed by atoms with Crippen LogP contribution >= 0.6 is 11.8 Å². The minimum atomic E-state index is -1.75. The maximum absolute atomic E-state index is 14.7. The van der Waals surface area contributed by atoms with Crippen molar-refractivity contribution >= 4 is 93.6 Å². The number of amides is 9. The van der Waals surface area contributed by atoms with Crippen LogP contribution < -0.4 is 65.3 Å². The van der Waals surface area contributed by atoms with Crippen LogP contribution in [0.2, 0.25) is 0 Å². The second-order valence-corrected chi connectivity index (χ2v) is 21.3. The summed E-state index contributed by atoms with van der Waals surface area (Å²) < 4.78 is 0. The Morgan fingerprint density at radius 2 is 1.16 bits per heavy atom. The first-order chi connectivity index (χ1) is 41.6. The molecule has 5 rings (SSSR count). The number of rotatable bonds is 36. The van der Waals surface area contributed by atoms with Crippen LogP contribution in [0.4, 0.5) is 5.82 Å². The number of hydrazine groups is 1. The number of H-pyrrole nitrogens is 1. The third-order valence-corrected chi connectivity index (χ3v) is 14.4. The number of pyridine rings is 1. The van der Waals surface area contributed by atoms with Crippen molar-refractivity contribution in [1.29, 1.82) is 0 Å². The number of unbranched alkanes of at least 4 members (excludes halogenated alkanes) is 1. The van der Waals surface area contributed by atoms with Crippen LogP contribution in [0.3, 0.4) is 0 Å². The molecule has 9 amide bonds. The summed E-state index contributed by atoms with van der Waals surface area (Å²) in [5, 5.41) is 50.7. The average Bonchev–Trinajstić information content (AvgIpc) is 2.19. The van der Waals surface area contributed by atoms with E-state index >= 15 is 0 Å². The molecule has 0 aliphatic heterocycles. The number of aromatic nitrogens is 2. The molecule has 2 heterocycles. The summed E-state index contributed by atoms with van der Waals surface area (Å²) in [6.07, 6.45) is 2.91. The summed E-state index contributed by atoms with van der Waals surface area (Å²) in [4.78, 5) is 155. The van der Waals surface area contributed by atoms with Crippen LogP contribution in [0.1, 0.15) is 78.9 Å². The lowest BCUT2D eigenvalue weighted by molar-refractivity contribution is -0.141. The van der Waals surface area contributed by atoms with Crippen molar-refractivity contribution in [3.63, 3.8) is 0 Å². The number of thioether (sulfide) groups is 1. The Bertz CT molecular complexity index is 3190. The smallest absolute Gasteiger partial charge is 0.326 e. The number of primary amides is 1. The Morgan fingerprint density at radius 3 is 1.77 bits per heavy atom. The van der Waals surface area contributed by atoms with Crippen LogP contribution in [0, 0.1) is 0 Å². The van der Waals surface area contributed by atoms with Crippen LogP contribution in [-0.4, -0.2) is 157 Å². The van der Waals surface area contributed by atoms with Gasteiger partial charge in [-0.15, -0.1) is 0 Å². The fourth-order valence-corrected chi connectivity index (χ4v) is 9.43. The molecule has 8 atom stereocenters. The van der Waals surface area contributed by atoms with Gasteiger partial charge in [-0.2, -0.15) is 11.8 Å². The van der Waals surface area contributed by atoms with Crippen LogP contribution in [-0.2, 0) is 67.2 Å². The second-order valence-electron chi connectivity index (χ2n) is 20.3. The third kappa shape index (κ3) is 22.1. The summed E-state index contributed by atoms with van der Waals surface area (Å²) >= 11 is 1.31. The van der Waals surface area contributed by atoms with E-state index < -0.39 is 126 Å². The normalized spacial score (nSPS) is 13.7. The van der Waals surface area contributed by atoms with Crippen molar-refractivity contribution in [2.24, 2.45) is 17.3 Å². The zero-order chi connectivity index (χ0) is 63.6. The first-order valence-electron chi connectivity index (χ1n) is 27.7. The molecule has 19 N–H and O–H groups in total. The lowest BCUT2D eigenvalue weighted by Gasteiger charge is -2.28. The average molecular weight is 1220 g/mol. The fraction of sp³-hybridized carbons (Fsp3) is 0.379. The molecule has 0 bridgehead atoms. The predicted octanol–water partition coefficient (Wildman–Crippen LogP) is -0.499. The number of phenolic OH excluding ortho intramolecular Hbond substituents is 1. The van der Waals surface area contributed by atoms with Gasteiger partial charge in [0.25, 0.3) is 5.91 Å². The Kier molecular flexibility index (Phi) is 26.9. The summed E-state index contributed by atoms with van der Waals surface area (Å²) in [5.74, 6) is -5.20. The fourth-order valence-electron chi connectivity index (χ4n) is 8.95. The number of nitrogens with zero attached hydrogens (tertiary/aromatic N) is 1. The van der Waals surface area contributed by atoms with E-state index in [1.165, 1.54) is 61.3 Å². The van der Waals surface area contributed by atoms with Gasteiger partial charge in [-0.25, -0.2) is 15.6 Å². The molecule has 0 saturated heterocycles. The van der Waals surface area contributed by atoms with E-state index in [2.05, 4.69) is 57.9 Å². The van der Waals surface area contributed by atoms with Crippen molar-refractivity contribution in [3.8, 4) is 5.75 Å². The second kappa shape index (κ2) is 34.4. The molecule has 0 aliphatic carbocycles. The topological polar surface area (TPSA) is 463 Å². The van der Waals surface area contributed by atoms with Crippen molar-refractivity contribution in [1.82, 2.24) is 52.5 Å². The third-order valence-electron chi connectivity index (χ3n) is 13.7. The number of phenols is 1. The minimum Gasteiger partial charge on any atom is -0.508 e. The largest absolute Gasteiger partial charge is 0.508 e. The van der Waals surface area contributed by atoms with E-state index in [0.717, 1.165) is 0 Å². The molecule has 0 unspecified atom stereocenters. The number of carboxylic acids is 2. The highest BCUT2D eigenvalue weighted by Gasteiger charge is 2.35. The number of carboxylic acid groups (broad SMARTS) is 2. The van der Waals surface area contributed by atoms with Gasteiger partial charge in [0.2, 0.25) is 47.3 Å². The number of fused-ring (bicyclic) bond motifs is 1. The van der Waals surface area contributed by atoms with E-state index in [1.807, 2.05) is 0 Å². The molecule has 0 radical (unpaired) electrons. The van der Waals surface area contributed by atoms with Crippen LogP contribution in [0.25, 0.3) is 10.9 Å². The van der Waals surface area contributed by atoms with E-state index in [1.54, 1.807) is 67.0 Å². The standard InChI is InChI=1S/C58H74N14O14S/c1-32(64-48(74)22-20-42(58(85)86)67-52(79)35-17-21-47(72-61)63-30-35)51(78)69-44(27-34-15-18-37(73)19-16-34)55(82)65-40(14-8-9-24-59)53(80)70-45(28-36-31-62-39-13-7-6-12-38(36)39)56(83)66-41(23-25-87-2)54(81)71-46(29-49(75)76)57(84)68-43(50(60)77)26-33-10-4-3-5-11-33/h3-7,10-13,15-19,21,30-32,40-46,62,73H,8-9,14,20,22-29,59,61H2,1-2H3,(H2,60,77)(H,63,72)(H,64,74)(H,65,82)(H,66,83)(H,67,79)(H,68,84)(H,69,78)(H,70,80)(H,71,81)(H,75,76)(H,85,86)/t32-,40+,41-,42+,43-,44-,45-,46-/m0/s1. The number of benzene rings is 3. The lowest BCUT2D eigenvalue weighted by Crippen LogP contribution is -2.60. The Morgan fingerprint density at radius 1 is 0.598 bits per heavy atom. The summed E-state index contributed by atoms with van der Waals surface area (Å²) in [6.45, 7) is 1.51. The van der Waals surface area contributed by atoms with Gasteiger partial charge in [0.15, 0.2) is 0 Å². The maximum atomic E-state index is 14.7. The molecule has 5 aromatic rings. The highest BCUT2D eigenvalue weighted by molar-refractivity contribution is 7.98. The predicted molar refractivity (Wildman–Crippen MR) is 321 cm³/mol. The lowest BCUT2D eigenvalue weighted by atomic mass is 10.0. The molecule has 0 spiro atoms. The zero-order valence-electron chi connectivity index (χ0n) is 47.8. The minimum absolute atomic E-state index is 0.0162. The number of anilines is 1. The van der Waals surface area contributed by atoms with E-state index in [-0.39, 0.29) is 74.4 Å². The van der Waals surface area contributed by atoms with Crippen molar-refractivity contribution in [2.75, 3.05) is 24.0 Å². The number of nitrogens with two attached hydrogens (primary N) is 3. The molecule has 28 nitrogen and oxygen atoms in total. The van der Waals surface area contributed by atoms with Gasteiger partial charge in [-0.3, -0.25) is 47.9 Å². The molecular weight excluding hydrogens is 1150 g/mol. The summed E-state index contributed by atoms with van der Waals surface area (Å²) in [7, 11) is 0. The number of aliphatic carboxylic acids is 2. The first-order valence-corrected chi connectivity index (χ1v) is 29.1. The number of para-hydroxylation sites is 1. The monoisotopic (exact) mass is 1220 g/mol. The van der Waals surface area contributed by atoms with E-state index in [0.29, 0.717) is 34.0 Å². The van der Waals surface area contributed by atoms with Crippen LogP contribution in [0.15, 0.2) is 103 Å². The zero-order valence-corrected chi connectivity index (χ0v) is 48.7. The van der Waals surface area contributed by atoms with Gasteiger partial charge in [0, 0.05) is 49.0 Å². The van der Waals surface area contributed by atoms with Gasteiger partial charge < -0.3 is 79.7 Å². The van der Waals surface area contributed by atoms with Crippen molar-refractivity contribution < 1.29 is 68.1 Å². The molecule has 87 heavy (non-hydrogen) atoms. The number of carbonyl (C=O) groups is 11. The number of nitrogen functional groups attached to an aromatic ring is 1. The summed E-state index contributed by atoms with van der Waals surface area (Å²) in [6, 6.07) is 12.4. The molecule has 466 valence electrons. The number of hydrogen-bond donors (Lipinski definition) is 16. The molecular formula is C58H74N14O14S. The van der Waals surface area contributed by atoms with Crippen molar-refractivity contribution in [3.05, 3.63) is 126 Å². The van der Waals surface area contributed by atoms with Gasteiger partial charge in [-0.1, -0.05) is 60.7 Å². The first kappa shape index (κ1) is 68.2. The molecule has 3 aromatic carbocycles. The number of carbonyl (C=O) groups excluding carboxylic acids is 9. The highest BCUT2D eigenvalue weighted by Crippen LogP contribution is 2.20. The van der Waals surface area contributed by atoms with E-state index in [9.17, 15) is 68.1 Å². The highest BCUT2D eigenvalue weighted by atomic mass is 32.2. The molecule has 0 saturated carbocycles. The number of aromatic hydroxyl groups is 1. The molecule has 0 aliphatic rings. The van der Waals surface area contributed by atoms with E-state index in [4.69, 9.17) is 17.3 Å².